The van der Waals surface area contributed by atoms with Crippen molar-refractivity contribution in [2.45, 2.75) is 12.2 Å². The fourth-order valence-corrected chi connectivity index (χ4v) is 3.07. The van der Waals surface area contributed by atoms with E-state index in [0.29, 0.717) is 29.7 Å². The van der Waals surface area contributed by atoms with Gasteiger partial charge in [-0.3, -0.25) is 0 Å². The first-order valence-corrected chi connectivity index (χ1v) is 8.61. The molecule has 1 saturated heterocycles. The Balaban J connectivity index is 1.91. The molecule has 1 aliphatic rings. The molecule has 2 aromatic rings. The average molecular weight is 378 g/mol. The Bertz CT molecular complexity index is 755. The average Bonchev–Trinajstić information content (AvgIpc) is 2.67. The maximum atomic E-state index is 11.4. The maximum absolute atomic E-state index is 11.4. The molecule has 0 aromatic heterocycles. The van der Waals surface area contributed by atoms with Crippen molar-refractivity contribution in [3.63, 3.8) is 0 Å². The third-order valence-electron chi connectivity index (χ3n) is 4.21. The van der Waals surface area contributed by atoms with Crippen LogP contribution < -0.4 is 9.47 Å². The number of hydrogen-bond donors (Lipinski definition) is 1. The fourth-order valence-electron chi connectivity index (χ4n) is 2.91. The van der Waals surface area contributed by atoms with Crippen molar-refractivity contribution >= 4 is 17.7 Å². The van der Waals surface area contributed by atoms with Crippen LogP contribution in [0.25, 0.3) is 0 Å². The van der Waals surface area contributed by atoms with Gasteiger partial charge in [0.1, 0.15) is 6.10 Å². The molecule has 2 aromatic carbocycles. The van der Waals surface area contributed by atoms with E-state index in [1.54, 1.807) is 25.3 Å². The van der Waals surface area contributed by atoms with E-state index in [4.69, 9.17) is 25.8 Å². The minimum atomic E-state index is -0.964. The molecular formula is C19H20ClNO5. The molecule has 1 N–H and O–H groups in total. The normalized spacial score (nSPS) is 18.2. The molecule has 1 aliphatic heterocycles. The van der Waals surface area contributed by atoms with Gasteiger partial charge in [0.25, 0.3) is 0 Å². The predicted octanol–water partition coefficient (Wildman–Crippen LogP) is 3.85. The zero-order valence-corrected chi connectivity index (χ0v) is 15.1. The molecule has 0 unspecified atom stereocenters. The van der Waals surface area contributed by atoms with Crippen LogP contribution in [0.3, 0.4) is 0 Å². The largest absolute Gasteiger partial charge is 0.493 e. The minimum absolute atomic E-state index is 0.227. The molecule has 26 heavy (non-hydrogen) atoms. The molecule has 3 rings (SSSR count). The number of nitrogens with zero attached hydrogens (tertiary/aromatic N) is 1. The number of benzene rings is 2. The summed E-state index contributed by atoms with van der Waals surface area (Å²) >= 11 is 6.02. The van der Waals surface area contributed by atoms with Crippen LogP contribution in [0.4, 0.5) is 4.79 Å². The number of rotatable bonds is 5. The van der Waals surface area contributed by atoms with E-state index in [9.17, 15) is 9.90 Å². The first-order valence-electron chi connectivity index (χ1n) is 8.23. The van der Waals surface area contributed by atoms with Crippen LogP contribution in [0.2, 0.25) is 5.02 Å². The molecule has 1 heterocycles. The first-order chi connectivity index (χ1) is 12.6. The first kappa shape index (κ1) is 18.4. The topological polar surface area (TPSA) is 68.2 Å². The number of hydrogen-bond acceptors (Lipinski definition) is 4. The summed E-state index contributed by atoms with van der Waals surface area (Å²) in [5, 5.41) is 9.84. The van der Waals surface area contributed by atoms with Crippen molar-refractivity contribution in [3.05, 3.63) is 59.1 Å². The molecule has 0 radical (unpaired) electrons. The van der Waals surface area contributed by atoms with Crippen LogP contribution in [0, 0.1) is 0 Å². The highest BCUT2D eigenvalue weighted by Crippen LogP contribution is 2.35. The van der Waals surface area contributed by atoms with Gasteiger partial charge in [-0.2, -0.15) is 0 Å². The fraction of sp³-hybridized carbons (Fsp3) is 0.316. The van der Waals surface area contributed by atoms with Gasteiger partial charge in [-0.05, 0) is 17.7 Å². The van der Waals surface area contributed by atoms with Gasteiger partial charge < -0.3 is 24.2 Å². The van der Waals surface area contributed by atoms with Gasteiger partial charge >= 0.3 is 6.09 Å². The Kier molecular flexibility index (Phi) is 5.85. The van der Waals surface area contributed by atoms with E-state index in [1.807, 2.05) is 30.3 Å². The van der Waals surface area contributed by atoms with Crippen LogP contribution >= 0.6 is 11.6 Å². The van der Waals surface area contributed by atoms with Crippen LogP contribution in [-0.4, -0.2) is 49.0 Å². The Morgan fingerprint density at radius 3 is 2.73 bits per heavy atom. The quantitative estimate of drug-likeness (QED) is 0.857. The Morgan fingerprint density at radius 2 is 2.04 bits per heavy atom. The minimum Gasteiger partial charge on any atom is -0.493 e. The summed E-state index contributed by atoms with van der Waals surface area (Å²) in [6.07, 6.45) is -1.90. The van der Waals surface area contributed by atoms with Crippen molar-refractivity contribution in [2.24, 2.45) is 0 Å². The van der Waals surface area contributed by atoms with E-state index in [-0.39, 0.29) is 6.54 Å². The lowest BCUT2D eigenvalue weighted by molar-refractivity contribution is -0.0757. The molecule has 0 aliphatic carbocycles. The second kappa shape index (κ2) is 8.29. The maximum Gasteiger partial charge on any atom is 0.407 e. The summed E-state index contributed by atoms with van der Waals surface area (Å²) < 4.78 is 17.4. The molecule has 7 heteroatoms. The zero-order chi connectivity index (χ0) is 18.5. The van der Waals surface area contributed by atoms with Crippen molar-refractivity contribution in [1.82, 2.24) is 4.90 Å². The summed E-state index contributed by atoms with van der Waals surface area (Å²) in [6.45, 7) is 0.893. The smallest absolute Gasteiger partial charge is 0.407 e. The molecule has 0 spiro atoms. The summed E-state index contributed by atoms with van der Waals surface area (Å²) in [7, 11) is 1.54. The van der Waals surface area contributed by atoms with Crippen molar-refractivity contribution < 1.29 is 24.1 Å². The van der Waals surface area contributed by atoms with Crippen molar-refractivity contribution in [1.29, 1.82) is 0 Å². The summed E-state index contributed by atoms with van der Waals surface area (Å²) in [5.74, 6) is 1.02. The third-order valence-corrected chi connectivity index (χ3v) is 4.44. The molecule has 1 fully saturated rings. The second-order valence-corrected chi connectivity index (χ2v) is 6.32. The number of morpholine rings is 1. The van der Waals surface area contributed by atoms with Gasteiger partial charge in [0.05, 0.1) is 20.3 Å². The molecule has 2 atom stereocenters. The molecule has 138 valence electrons. The second-order valence-electron chi connectivity index (χ2n) is 5.88. The van der Waals surface area contributed by atoms with E-state index >= 15 is 0 Å². The Hall–Kier alpha value is -2.44. The molecule has 1 amide bonds. The zero-order valence-electron chi connectivity index (χ0n) is 14.3. The number of carboxylic acid groups (broad SMARTS) is 1. The van der Waals surface area contributed by atoms with Crippen LogP contribution in [0.15, 0.2) is 48.5 Å². The Morgan fingerprint density at radius 1 is 1.27 bits per heavy atom. The van der Waals surface area contributed by atoms with E-state index in [1.165, 1.54) is 4.90 Å². The third kappa shape index (κ3) is 4.20. The SMILES string of the molecule is COc1cc(Cl)ccc1O[C@@H](c1ccccc1)[C@@H]1CN(C(=O)O)CCO1. The van der Waals surface area contributed by atoms with Gasteiger partial charge in [-0.25, -0.2) is 4.79 Å². The molecule has 0 bridgehead atoms. The van der Waals surface area contributed by atoms with E-state index in [2.05, 4.69) is 0 Å². The summed E-state index contributed by atoms with van der Waals surface area (Å²) in [5.41, 5.74) is 0.891. The summed E-state index contributed by atoms with van der Waals surface area (Å²) in [4.78, 5) is 12.7. The monoisotopic (exact) mass is 377 g/mol. The number of amides is 1. The lowest BCUT2D eigenvalue weighted by atomic mass is 10.0. The van der Waals surface area contributed by atoms with Gasteiger partial charge in [-0.1, -0.05) is 41.9 Å². The number of carbonyl (C=O) groups is 1. The Labute approximate surface area is 156 Å². The lowest BCUT2D eigenvalue weighted by Crippen LogP contribution is -2.48. The van der Waals surface area contributed by atoms with E-state index < -0.39 is 18.3 Å². The summed E-state index contributed by atoms with van der Waals surface area (Å²) in [6, 6.07) is 14.7. The standard InChI is InChI=1S/C19H20ClNO5/c1-24-16-11-14(20)7-8-15(16)26-18(13-5-3-2-4-6-13)17-12-21(19(22)23)9-10-25-17/h2-8,11,17-18H,9-10,12H2,1H3,(H,22,23)/t17-,18-/m0/s1. The van der Waals surface area contributed by atoms with E-state index in [0.717, 1.165) is 5.56 Å². The van der Waals surface area contributed by atoms with Crippen LogP contribution in [-0.2, 0) is 4.74 Å². The van der Waals surface area contributed by atoms with Gasteiger partial charge in [-0.15, -0.1) is 0 Å². The van der Waals surface area contributed by atoms with Crippen molar-refractivity contribution in [3.8, 4) is 11.5 Å². The number of methoxy groups -OCH3 is 1. The predicted molar refractivity (Wildman–Crippen MR) is 97.2 cm³/mol. The molecule has 6 nitrogen and oxygen atoms in total. The highest BCUT2D eigenvalue weighted by Gasteiger charge is 2.33. The highest BCUT2D eigenvalue weighted by atomic mass is 35.5. The van der Waals surface area contributed by atoms with Gasteiger partial charge in [0, 0.05) is 17.6 Å². The lowest BCUT2D eigenvalue weighted by Gasteiger charge is -2.36. The van der Waals surface area contributed by atoms with Crippen molar-refractivity contribution in [2.75, 3.05) is 26.8 Å². The molecular weight excluding hydrogens is 358 g/mol. The van der Waals surface area contributed by atoms with Gasteiger partial charge in [0.2, 0.25) is 0 Å². The number of halogens is 1. The number of ether oxygens (including phenoxy) is 3. The van der Waals surface area contributed by atoms with Crippen LogP contribution in [0.1, 0.15) is 11.7 Å². The molecule has 0 saturated carbocycles. The van der Waals surface area contributed by atoms with Crippen LogP contribution in [0.5, 0.6) is 11.5 Å². The van der Waals surface area contributed by atoms with Gasteiger partial charge in [0.15, 0.2) is 17.6 Å². The highest BCUT2D eigenvalue weighted by molar-refractivity contribution is 6.30.